The Morgan fingerprint density at radius 1 is 1.13 bits per heavy atom. The molecular weight excluding hydrogens is 378 g/mol. The normalized spacial score (nSPS) is 49.8. The highest BCUT2D eigenvalue weighted by Crippen LogP contribution is 2.70. The lowest BCUT2D eigenvalue weighted by Gasteiger charge is -2.61. The van der Waals surface area contributed by atoms with Gasteiger partial charge in [0.25, 0.3) is 0 Å². The number of nitrogens with two attached hydrogens (primary N) is 1. The highest BCUT2D eigenvalue weighted by molar-refractivity contribution is 5.76. The molecule has 0 unspecified atom stereocenters. The number of hydrogen-bond acceptors (Lipinski definition) is 5. The van der Waals surface area contributed by atoms with E-state index in [4.69, 9.17) is 15.2 Å². The van der Waals surface area contributed by atoms with Crippen LogP contribution in [0.25, 0.3) is 0 Å². The van der Waals surface area contributed by atoms with E-state index in [1.807, 2.05) is 6.92 Å². The number of aldehydes is 1. The number of fused-ring (bicyclic) bond motifs is 5. The van der Waals surface area contributed by atoms with Gasteiger partial charge in [-0.1, -0.05) is 26.3 Å². The van der Waals surface area contributed by atoms with E-state index in [9.17, 15) is 9.90 Å². The monoisotopic (exact) mass is 415 g/mol. The highest BCUT2D eigenvalue weighted by Gasteiger charge is 2.70. The van der Waals surface area contributed by atoms with Gasteiger partial charge in [0.1, 0.15) is 11.9 Å². The SMILES string of the molecule is C[C@H]1C[C@@H]2[C@H](CC[C@@]3(C)[C@H]2CC[C@]3(O)C2(C)OCCO2)[C@@]2(C)CC(C=O)=C(N)C=C12. The minimum Gasteiger partial charge on any atom is -0.398 e. The molecule has 1 heterocycles. The number of rotatable bonds is 2. The van der Waals surface area contributed by atoms with Gasteiger partial charge in [0.15, 0.2) is 5.79 Å². The van der Waals surface area contributed by atoms with Crippen LogP contribution in [0.2, 0.25) is 0 Å². The average Bonchev–Trinajstić information content (AvgIpc) is 3.26. The minimum absolute atomic E-state index is 0.0201. The molecule has 3 N–H and O–H groups in total. The van der Waals surface area contributed by atoms with Crippen molar-refractivity contribution < 1.29 is 19.4 Å². The van der Waals surface area contributed by atoms with Crippen molar-refractivity contribution in [3.05, 3.63) is 22.9 Å². The van der Waals surface area contributed by atoms with E-state index in [1.165, 1.54) is 5.57 Å². The van der Waals surface area contributed by atoms with Crippen molar-refractivity contribution >= 4 is 6.29 Å². The van der Waals surface area contributed by atoms with Crippen molar-refractivity contribution in [3.8, 4) is 0 Å². The second-order valence-electron chi connectivity index (χ2n) is 11.3. The van der Waals surface area contributed by atoms with Gasteiger partial charge in [0.2, 0.25) is 0 Å². The zero-order valence-corrected chi connectivity index (χ0v) is 18.9. The third-order valence-corrected chi connectivity index (χ3v) is 10.2. The summed E-state index contributed by atoms with van der Waals surface area (Å²) in [6.07, 6.45) is 8.70. The standard InChI is InChI=1S/C25H37NO4/c1-15-11-17-18(22(2)13-16(14-27)21(26)12-20(15)22)5-7-23(3)19(17)6-8-25(23,28)24(4)29-9-10-30-24/h12,14-15,17-19,28H,5-11,13,26H2,1-4H3/t15-,17+,18-,19-,22+,23-,25+/m0/s1. The molecule has 4 fully saturated rings. The second kappa shape index (κ2) is 6.43. The molecule has 30 heavy (non-hydrogen) atoms. The van der Waals surface area contributed by atoms with E-state index in [2.05, 4.69) is 26.8 Å². The first-order chi connectivity index (χ1) is 14.1. The summed E-state index contributed by atoms with van der Waals surface area (Å²) in [7, 11) is 0. The molecule has 3 saturated carbocycles. The number of ether oxygens (including phenoxy) is 2. The first kappa shape index (κ1) is 20.7. The topological polar surface area (TPSA) is 81.8 Å². The van der Waals surface area contributed by atoms with E-state index in [-0.39, 0.29) is 10.8 Å². The summed E-state index contributed by atoms with van der Waals surface area (Å²) in [6.45, 7) is 10.0. The van der Waals surface area contributed by atoms with Gasteiger partial charge >= 0.3 is 0 Å². The van der Waals surface area contributed by atoms with Crippen molar-refractivity contribution in [2.45, 2.75) is 77.6 Å². The van der Waals surface area contributed by atoms with Gasteiger partial charge < -0.3 is 20.3 Å². The number of carbonyl (C=O) groups excluding carboxylic acids is 1. The van der Waals surface area contributed by atoms with Crippen molar-refractivity contribution in [1.82, 2.24) is 0 Å². The molecule has 7 atom stereocenters. The Kier molecular flexibility index (Phi) is 4.44. The second-order valence-corrected chi connectivity index (χ2v) is 11.3. The lowest BCUT2D eigenvalue weighted by Crippen LogP contribution is -2.64. The Hall–Kier alpha value is -1.17. The fourth-order valence-corrected chi connectivity index (χ4v) is 8.64. The number of allylic oxidation sites excluding steroid dienone is 3. The molecule has 0 aromatic carbocycles. The highest BCUT2D eigenvalue weighted by atomic mass is 16.7. The van der Waals surface area contributed by atoms with E-state index < -0.39 is 11.4 Å². The first-order valence-corrected chi connectivity index (χ1v) is 11.8. The number of carbonyl (C=O) groups is 1. The summed E-state index contributed by atoms with van der Waals surface area (Å²) < 4.78 is 12.0. The van der Waals surface area contributed by atoms with Gasteiger partial charge in [-0.05, 0) is 80.6 Å². The molecule has 166 valence electrons. The minimum atomic E-state index is -0.961. The molecule has 5 heteroatoms. The van der Waals surface area contributed by atoms with Crippen molar-refractivity contribution in [1.29, 1.82) is 0 Å². The smallest absolute Gasteiger partial charge is 0.195 e. The van der Waals surface area contributed by atoms with Crippen LogP contribution in [0.4, 0.5) is 0 Å². The Morgan fingerprint density at radius 2 is 1.80 bits per heavy atom. The lowest BCUT2D eigenvalue weighted by atomic mass is 9.44. The van der Waals surface area contributed by atoms with Crippen LogP contribution in [0.15, 0.2) is 22.9 Å². The van der Waals surface area contributed by atoms with E-state index >= 15 is 0 Å². The molecule has 0 radical (unpaired) electrons. The van der Waals surface area contributed by atoms with Gasteiger partial charge in [-0.2, -0.15) is 0 Å². The van der Waals surface area contributed by atoms with E-state index in [1.54, 1.807) is 0 Å². The third-order valence-electron chi connectivity index (χ3n) is 10.2. The maximum atomic E-state index is 12.0. The quantitative estimate of drug-likeness (QED) is 0.672. The first-order valence-electron chi connectivity index (χ1n) is 11.8. The largest absolute Gasteiger partial charge is 0.398 e. The zero-order valence-electron chi connectivity index (χ0n) is 18.9. The Labute approximate surface area is 180 Å². The maximum Gasteiger partial charge on any atom is 0.195 e. The molecule has 0 aromatic heterocycles. The molecule has 5 nitrogen and oxygen atoms in total. The summed E-state index contributed by atoms with van der Waals surface area (Å²) in [5.41, 5.74) is 7.86. The van der Waals surface area contributed by atoms with Gasteiger partial charge in [-0.25, -0.2) is 0 Å². The molecule has 1 aliphatic heterocycles. The van der Waals surface area contributed by atoms with Gasteiger partial charge in [-0.15, -0.1) is 0 Å². The molecule has 0 bridgehead atoms. The van der Waals surface area contributed by atoms with Crippen LogP contribution in [0.5, 0.6) is 0 Å². The molecular formula is C25H37NO4. The predicted molar refractivity (Wildman–Crippen MR) is 114 cm³/mol. The van der Waals surface area contributed by atoms with Crippen LogP contribution in [-0.4, -0.2) is 36.0 Å². The molecule has 5 aliphatic rings. The Bertz CT molecular complexity index is 827. The molecule has 0 amide bonds. The predicted octanol–water partition coefficient (Wildman–Crippen LogP) is 3.71. The van der Waals surface area contributed by atoms with E-state index in [0.717, 1.165) is 50.4 Å². The summed E-state index contributed by atoms with van der Waals surface area (Å²) in [4.78, 5) is 11.7. The van der Waals surface area contributed by atoms with Crippen LogP contribution in [0.1, 0.15) is 66.2 Å². The van der Waals surface area contributed by atoms with Crippen LogP contribution in [-0.2, 0) is 14.3 Å². The van der Waals surface area contributed by atoms with Crippen LogP contribution in [0, 0.1) is 34.5 Å². The van der Waals surface area contributed by atoms with Gasteiger partial charge in [-0.3, -0.25) is 4.79 Å². The fourth-order valence-electron chi connectivity index (χ4n) is 8.64. The average molecular weight is 416 g/mol. The Balaban J connectivity index is 1.52. The zero-order chi connectivity index (χ0) is 21.5. The molecule has 4 aliphatic carbocycles. The fraction of sp³-hybridized carbons (Fsp3) is 0.800. The summed E-state index contributed by atoms with van der Waals surface area (Å²) >= 11 is 0. The lowest BCUT2D eigenvalue weighted by molar-refractivity contribution is -0.299. The number of hydrogen-bond donors (Lipinski definition) is 2. The number of aliphatic hydroxyl groups is 1. The molecule has 1 saturated heterocycles. The molecule has 5 rings (SSSR count). The van der Waals surface area contributed by atoms with E-state index in [0.29, 0.717) is 42.6 Å². The Morgan fingerprint density at radius 3 is 2.47 bits per heavy atom. The van der Waals surface area contributed by atoms with Crippen molar-refractivity contribution in [2.75, 3.05) is 13.2 Å². The summed E-state index contributed by atoms with van der Waals surface area (Å²) in [5.74, 6) is 1.02. The van der Waals surface area contributed by atoms with Crippen LogP contribution >= 0.6 is 0 Å². The van der Waals surface area contributed by atoms with Gasteiger partial charge in [0.05, 0.1) is 13.2 Å². The molecule has 0 spiro atoms. The van der Waals surface area contributed by atoms with Crippen LogP contribution in [0.3, 0.4) is 0 Å². The van der Waals surface area contributed by atoms with Gasteiger partial charge in [0, 0.05) is 16.7 Å². The maximum absolute atomic E-state index is 12.0. The third kappa shape index (κ3) is 2.37. The van der Waals surface area contributed by atoms with Crippen molar-refractivity contribution in [3.63, 3.8) is 0 Å². The summed E-state index contributed by atoms with van der Waals surface area (Å²) in [5, 5.41) is 12.0. The van der Waals surface area contributed by atoms with Crippen LogP contribution < -0.4 is 5.73 Å². The summed E-state index contributed by atoms with van der Waals surface area (Å²) in [6, 6.07) is 0. The molecule has 0 aromatic rings. The van der Waals surface area contributed by atoms with Crippen molar-refractivity contribution in [2.24, 2.45) is 40.2 Å².